The van der Waals surface area contributed by atoms with Crippen LogP contribution in [0.1, 0.15) is 47.1 Å². The first kappa shape index (κ1) is 25.2. The number of benzene rings is 2. The van der Waals surface area contributed by atoms with E-state index in [0.29, 0.717) is 37.7 Å². The van der Waals surface area contributed by atoms with E-state index < -0.39 is 18.0 Å². The molecule has 0 spiro atoms. The van der Waals surface area contributed by atoms with E-state index in [1.165, 1.54) is 28.0 Å². The molecule has 0 amide bonds. The number of hydrogen-bond acceptors (Lipinski definition) is 8. The molecule has 0 N–H and O–H groups in total. The second-order valence-corrected chi connectivity index (χ2v) is 9.79. The Kier molecular flexibility index (Phi) is 6.69. The number of fused-ring (bicyclic) bond motifs is 1. The van der Waals surface area contributed by atoms with Crippen LogP contribution in [-0.4, -0.2) is 23.1 Å². The maximum absolute atomic E-state index is 13.7. The molecule has 0 saturated heterocycles. The number of carboxylic acids is 1. The molecule has 1 aliphatic heterocycles. The van der Waals surface area contributed by atoms with Crippen molar-refractivity contribution >= 4 is 29.4 Å². The van der Waals surface area contributed by atoms with Gasteiger partial charge in [-0.1, -0.05) is 59.4 Å². The number of aromatic carboxylic acids is 1. The third-order valence-electron chi connectivity index (χ3n) is 6.19. The largest absolute Gasteiger partial charge is 0.545 e. The summed E-state index contributed by atoms with van der Waals surface area (Å²) in [6.07, 6.45) is 1.62. The minimum absolute atomic E-state index is 0.0395. The summed E-state index contributed by atoms with van der Waals surface area (Å²) in [5.74, 6) is -0.925. The number of esters is 1. The molecule has 38 heavy (non-hydrogen) atoms. The normalized spacial score (nSPS) is 15.2. The van der Waals surface area contributed by atoms with Crippen LogP contribution in [0.25, 0.3) is 17.4 Å². The number of carbonyl (C=O) groups excluding carboxylic acids is 2. The smallest absolute Gasteiger partial charge is 0.338 e. The SMILES string of the molecule is CCOC(=O)C1=C(C)N=c2s/c(=C\c3ccc(-c4cccc(C(=O)[O-])c4)o3)c(=O)n2[C@H]1c1ccc(C)cc1. The zero-order chi connectivity index (χ0) is 27.0. The molecule has 0 unspecified atom stereocenters. The van der Waals surface area contributed by atoms with Gasteiger partial charge in [0.1, 0.15) is 11.5 Å². The molecule has 0 radical (unpaired) electrons. The van der Waals surface area contributed by atoms with Crippen molar-refractivity contribution in [2.24, 2.45) is 4.99 Å². The third-order valence-corrected chi connectivity index (χ3v) is 7.18. The molecular weight excluding hydrogens is 504 g/mol. The number of furan rings is 1. The highest BCUT2D eigenvalue weighted by atomic mass is 32.1. The van der Waals surface area contributed by atoms with E-state index in [1.807, 2.05) is 31.2 Å². The van der Waals surface area contributed by atoms with Gasteiger partial charge in [-0.05, 0) is 50.1 Å². The number of carboxylic acid groups (broad SMARTS) is 1. The van der Waals surface area contributed by atoms with Gasteiger partial charge in [-0.15, -0.1) is 0 Å². The lowest BCUT2D eigenvalue weighted by Gasteiger charge is -2.24. The van der Waals surface area contributed by atoms with Gasteiger partial charge in [-0.3, -0.25) is 9.36 Å². The van der Waals surface area contributed by atoms with Crippen LogP contribution in [0.15, 0.2) is 86.1 Å². The van der Waals surface area contributed by atoms with Crippen LogP contribution in [0.3, 0.4) is 0 Å². The molecule has 9 heteroatoms. The molecule has 3 heterocycles. The molecule has 0 fully saturated rings. The number of carbonyl (C=O) groups is 2. The first-order valence-corrected chi connectivity index (χ1v) is 12.8. The summed E-state index contributed by atoms with van der Waals surface area (Å²) < 4.78 is 13.1. The molecule has 5 rings (SSSR count). The maximum Gasteiger partial charge on any atom is 0.338 e. The Labute approximate surface area is 221 Å². The molecule has 0 saturated carbocycles. The van der Waals surface area contributed by atoms with E-state index in [1.54, 1.807) is 44.2 Å². The van der Waals surface area contributed by atoms with Gasteiger partial charge in [0.15, 0.2) is 4.80 Å². The summed E-state index contributed by atoms with van der Waals surface area (Å²) in [5.41, 5.74) is 2.94. The van der Waals surface area contributed by atoms with Gasteiger partial charge in [0.2, 0.25) is 0 Å². The lowest BCUT2D eigenvalue weighted by molar-refractivity contribution is -0.255. The number of nitrogens with zero attached hydrogens (tertiary/aromatic N) is 2. The summed E-state index contributed by atoms with van der Waals surface area (Å²) in [4.78, 5) is 42.9. The van der Waals surface area contributed by atoms with Crippen molar-refractivity contribution in [2.75, 3.05) is 6.61 Å². The van der Waals surface area contributed by atoms with Crippen molar-refractivity contribution in [1.82, 2.24) is 4.57 Å². The second kappa shape index (κ2) is 10.1. The molecule has 4 aromatic rings. The van der Waals surface area contributed by atoms with Crippen molar-refractivity contribution in [3.63, 3.8) is 0 Å². The summed E-state index contributed by atoms with van der Waals surface area (Å²) in [6.45, 7) is 5.64. The van der Waals surface area contributed by atoms with Crippen LogP contribution >= 0.6 is 11.3 Å². The fourth-order valence-corrected chi connectivity index (χ4v) is 5.40. The lowest BCUT2D eigenvalue weighted by Crippen LogP contribution is -2.39. The molecule has 0 aliphatic carbocycles. The van der Waals surface area contributed by atoms with Crippen LogP contribution in [0, 0.1) is 6.92 Å². The highest BCUT2D eigenvalue weighted by Gasteiger charge is 2.33. The standard InChI is InChI=1S/C29H24N2O6S/c1-4-36-28(35)24-17(3)30-29-31(25(24)18-10-8-16(2)9-11-18)26(32)23(38-29)15-21-12-13-22(37-21)19-6-5-7-20(14-19)27(33)34/h5-15,25H,4H2,1-3H3,(H,33,34)/p-1/b23-15-/t25-/m0/s1. The van der Waals surface area contributed by atoms with Gasteiger partial charge in [-0.2, -0.15) is 0 Å². The van der Waals surface area contributed by atoms with Crippen molar-refractivity contribution in [3.8, 4) is 11.3 Å². The monoisotopic (exact) mass is 527 g/mol. The first-order valence-electron chi connectivity index (χ1n) is 11.9. The van der Waals surface area contributed by atoms with Crippen LogP contribution in [0.2, 0.25) is 0 Å². The number of aryl methyl sites for hydroxylation is 1. The van der Waals surface area contributed by atoms with Gasteiger partial charge in [0.05, 0.1) is 34.4 Å². The summed E-state index contributed by atoms with van der Waals surface area (Å²) in [6, 6.07) is 16.6. The van der Waals surface area contributed by atoms with E-state index in [-0.39, 0.29) is 17.7 Å². The van der Waals surface area contributed by atoms with Crippen LogP contribution < -0.4 is 20.0 Å². The lowest BCUT2D eigenvalue weighted by atomic mass is 9.95. The number of allylic oxidation sites excluding steroid dienone is 1. The Balaban J connectivity index is 1.61. The van der Waals surface area contributed by atoms with Crippen molar-refractivity contribution in [1.29, 1.82) is 0 Å². The number of thiazole rings is 1. The topological polar surface area (TPSA) is 114 Å². The summed E-state index contributed by atoms with van der Waals surface area (Å²) >= 11 is 1.20. The van der Waals surface area contributed by atoms with Gasteiger partial charge in [0.25, 0.3) is 5.56 Å². The zero-order valence-electron chi connectivity index (χ0n) is 20.9. The predicted molar refractivity (Wildman–Crippen MR) is 140 cm³/mol. The molecule has 192 valence electrons. The Hall–Kier alpha value is -4.50. The van der Waals surface area contributed by atoms with Gasteiger partial charge >= 0.3 is 5.97 Å². The highest BCUT2D eigenvalue weighted by molar-refractivity contribution is 7.07. The minimum atomic E-state index is -1.28. The maximum atomic E-state index is 13.7. The predicted octanol–water partition coefficient (Wildman–Crippen LogP) is 2.73. The summed E-state index contributed by atoms with van der Waals surface area (Å²) in [5, 5.41) is 11.2. The van der Waals surface area contributed by atoms with Crippen molar-refractivity contribution in [2.45, 2.75) is 26.8 Å². The zero-order valence-corrected chi connectivity index (χ0v) is 21.7. The average molecular weight is 528 g/mol. The van der Waals surface area contributed by atoms with Gasteiger partial charge < -0.3 is 19.1 Å². The van der Waals surface area contributed by atoms with Crippen molar-refractivity contribution in [3.05, 3.63) is 114 Å². The second-order valence-electron chi connectivity index (χ2n) is 8.78. The third kappa shape index (κ3) is 4.64. The van der Waals surface area contributed by atoms with Crippen LogP contribution in [0.5, 0.6) is 0 Å². The fourth-order valence-electron chi connectivity index (χ4n) is 4.37. The number of rotatable bonds is 6. The van der Waals surface area contributed by atoms with Crippen molar-refractivity contribution < 1.29 is 23.8 Å². The fraction of sp³-hybridized carbons (Fsp3) is 0.172. The van der Waals surface area contributed by atoms with Crippen LogP contribution in [0.4, 0.5) is 0 Å². The Morgan fingerprint density at radius 2 is 1.89 bits per heavy atom. The average Bonchev–Trinajstić information content (AvgIpc) is 3.48. The quantitative estimate of drug-likeness (QED) is 0.356. The van der Waals surface area contributed by atoms with E-state index in [4.69, 9.17) is 9.15 Å². The minimum Gasteiger partial charge on any atom is -0.545 e. The molecular formula is C29H23N2O6S-. The van der Waals surface area contributed by atoms with E-state index in [0.717, 1.165) is 11.1 Å². The molecule has 1 aliphatic rings. The number of ether oxygens (including phenoxy) is 1. The molecule has 8 nitrogen and oxygen atoms in total. The Morgan fingerprint density at radius 3 is 2.61 bits per heavy atom. The van der Waals surface area contributed by atoms with Gasteiger partial charge in [0, 0.05) is 11.6 Å². The summed E-state index contributed by atoms with van der Waals surface area (Å²) in [7, 11) is 0. The van der Waals surface area contributed by atoms with Gasteiger partial charge in [-0.25, -0.2) is 9.79 Å². The van der Waals surface area contributed by atoms with Crippen LogP contribution in [-0.2, 0) is 9.53 Å². The molecule has 0 bridgehead atoms. The Bertz CT molecular complexity index is 1770. The van der Waals surface area contributed by atoms with E-state index in [9.17, 15) is 19.5 Å². The van der Waals surface area contributed by atoms with E-state index in [2.05, 4.69) is 4.99 Å². The number of aromatic nitrogens is 1. The Morgan fingerprint density at radius 1 is 1.13 bits per heavy atom. The molecule has 1 atom stereocenters. The van der Waals surface area contributed by atoms with E-state index >= 15 is 0 Å². The molecule has 2 aromatic heterocycles. The molecule has 2 aromatic carbocycles. The number of hydrogen-bond donors (Lipinski definition) is 0. The first-order chi connectivity index (χ1) is 18.3. The highest BCUT2D eigenvalue weighted by Crippen LogP contribution is 2.31.